The minimum absolute atomic E-state index is 0.160. The van der Waals surface area contributed by atoms with Crippen molar-refractivity contribution >= 4 is 27.8 Å². The second-order valence-electron chi connectivity index (χ2n) is 4.81. The number of aliphatic carboxylic acids is 1. The Morgan fingerprint density at radius 1 is 1.40 bits per heavy atom. The molecule has 108 valence electrons. The molecule has 0 bridgehead atoms. The van der Waals surface area contributed by atoms with Gasteiger partial charge in [0.1, 0.15) is 6.10 Å². The summed E-state index contributed by atoms with van der Waals surface area (Å²) >= 11 is 3.38. The molecule has 2 rings (SSSR count). The van der Waals surface area contributed by atoms with Gasteiger partial charge in [0.25, 0.3) is 0 Å². The predicted octanol–water partition coefficient (Wildman–Crippen LogP) is 2.26. The number of carbonyl (C=O) groups is 2. The second-order valence-corrected chi connectivity index (χ2v) is 5.73. The number of amides is 1. The minimum Gasteiger partial charge on any atom is -0.479 e. The van der Waals surface area contributed by atoms with Gasteiger partial charge in [0.05, 0.1) is 6.04 Å². The number of hydrogen-bond acceptors (Lipinski definition) is 3. The predicted molar refractivity (Wildman–Crippen MR) is 76.2 cm³/mol. The van der Waals surface area contributed by atoms with Crippen LogP contribution in [0, 0.1) is 0 Å². The summed E-state index contributed by atoms with van der Waals surface area (Å²) in [6.45, 7) is 1.88. The molecule has 1 unspecified atom stereocenters. The lowest BCUT2D eigenvalue weighted by molar-refractivity contribution is -0.151. The van der Waals surface area contributed by atoms with Crippen LogP contribution in [-0.2, 0) is 14.3 Å². The first-order valence-electron chi connectivity index (χ1n) is 6.41. The summed E-state index contributed by atoms with van der Waals surface area (Å²) in [7, 11) is 0. The molecule has 0 spiro atoms. The van der Waals surface area contributed by atoms with E-state index in [0.717, 1.165) is 10.0 Å². The zero-order chi connectivity index (χ0) is 14.7. The zero-order valence-corrected chi connectivity index (χ0v) is 12.6. The largest absolute Gasteiger partial charge is 0.479 e. The van der Waals surface area contributed by atoms with E-state index >= 15 is 0 Å². The Labute approximate surface area is 125 Å². The Bertz CT molecular complexity index is 520. The SMILES string of the molecule is CC(NC(=O)[C@@H]1CC[C@H](C(=O)O)O1)c1cccc(Br)c1. The van der Waals surface area contributed by atoms with Crippen molar-refractivity contribution in [2.75, 3.05) is 0 Å². The van der Waals surface area contributed by atoms with Gasteiger partial charge in [-0.15, -0.1) is 0 Å². The van der Waals surface area contributed by atoms with Crippen molar-refractivity contribution in [1.29, 1.82) is 0 Å². The number of ether oxygens (including phenoxy) is 1. The first kappa shape index (κ1) is 15.0. The fraction of sp³-hybridized carbons (Fsp3) is 0.429. The summed E-state index contributed by atoms with van der Waals surface area (Å²) in [4.78, 5) is 22.8. The lowest BCUT2D eigenvalue weighted by atomic mass is 10.1. The van der Waals surface area contributed by atoms with E-state index in [1.54, 1.807) is 0 Å². The van der Waals surface area contributed by atoms with E-state index in [0.29, 0.717) is 12.8 Å². The molecule has 1 aromatic carbocycles. The highest BCUT2D eigenvalue weighted by molar-refractivity contribution is 9.10. The number of benzene rings is 1. The maximum atomic E-state index is 12.0. The van der Waals surface area contributed by atoms with Gasteiger partial charge in [0.2, 0.25) is 5.91 Å². The van der Waals surface area contributed by atoms with Crippen LogP contribution in [0.4, 0.5) is 0 Å². The van der Waals surface area contributed by atoms with Crippen molar-refractivity contribution in [3.63, 3.8) is 0 Å². The summed E-state index contributed by atoms with van der Waals surface area (Å²) in [5.41, 5.74) is 0.973. The van der Waals surface area contributed by atoms with Gasteiger partial charge >= 0.3 is 5.97 Å². The van der Waals surface area contributed by atoms with Crippen molar-refractivity contribution in [2.24, 2.45) is 0 Å². The maximum absolute atomic E-state index is 12.0. The summed E-state index contributed by atoms with van der Waals surface area (Å²) in [5, 5.41) is 11.7. The molecule has 5 nitrogen and oxygen atoms in total. The molecule has 1 saturated heterocycles. The third-order valence-electron chi connectivity index (χ3n) is 3.29. The summed E-state index contributed by atoms with van der Waals surface area (Å²) in [6.07, 6.45) is -0.732. The van der Waals surface area contributed by atoms with Crippen LogP contribution in [0.3, 0.4) is 0 Å². The standard InChI is InChI=1S/C14H16BrNO4/c1-8(9-3-2-4-10(15)7-9)16-13(17)11-5-6-12(20-11)14(18)19/h2-4,7-8,11-12H,5-6H2,1H3,(H,16,17)(H,18,19)/t8?,11-,12+/m0/s1. The molecule has 6 heteroatoms. The van der Waals surface area contributed by atoms with Crippen LogP contribution in [-0.4, -0.2) is 29.2 Å². The zero-order valence-electron chi connectivity index (χ0n) is 11.0. The van der Waals surface area contributed by atoms with Gasteiger partial charge in [-0.2, -0.15) is 0 Å². The number of hydrogen-bond donors (Lipinski definition) is 2. The molecule has 20 heavy (non-hydrogen) atoms. The van der Waals surface area contributed by atoms with Crippen molar-refractivity contribution in [3.8, 4) is 0 Å². The summed E-state index contributed by atoms with van der Waals surface area (Å²) in [5.74, 6) is -1.28. The average molecular weight is 342 g/mol. The second kappa shape index (κ2) is 6.37. The molecule has 1 fully saturated rings. The average Bonchev–Trinajstić information content (AvgIpc) is 2.88. The Morgan fingerprint density at radius 2 is 2.10 bits per heavy atom. The molecule has 0 saturated carbocycles. The van der Waals surface area contributed by atoms with Crippen LogP contribution in [0.1, 0.15) is 31.4 Å². The summed E-state index contributed by atoms with van der Waals surface area (Å²) < 4.78 is 6.17. The molecule has 0 aliphatic carbocycles. The highest BCUT2D eigenvalue weighted by Gasteiger charge is 2.35. The van der Waals surface area contributed by atoms with E-state index in [1.165, 1.54) is 0 Å². The molecule has 1 aliphatic heterocycles. The fourth-order valence-corrected chi connectivity index (χ4v) is 2.59. The van der Waals surface area contributed by atoms with Crippen molar-refractivity contribution < 1.29 is 19.4 Å². The van der Waals surface area contributed by atoms with E-state index in [4.69, 9.17) is 9.84 Å². The van der Waals surface area contributed by atoms with Gasteiger partial charge in [-0.05, 0) is 37.5 Å². The quantitative estimate of drug-likeness (QED) is 0.880. The van der Waals surface area contributed by atoms with Crippen molar-refractivity contribution in [3.05, 3.63) is 34.3 Å². The Morgan fingerprint density at radius 3 is 2.70 bits per heavy atom. The van der Waals surface area contributed by atoms with Crippen LogP contribution >= 0.6 is 15.9 Å². The van der Waals surface area contributed by atoms with Crippen LogP contribution in [0.5, 0.6) is 0 Å². The first-order valence-corrected chi connectivity index (χ1v) is 7.21. The molecule has 3 atom stereocenters. The van der Waals surface area contributed by atoms with Crippen molar-refractivity contribution in [2.45, 2.75) is 38.0 Å². The van der Waals surface area contributed by atoms with E-state index < -0.39 is 18.2 Å². The van der Waals surface area contributed by atoms with E-state index in [-0.39, 0.29) is 11.9 Å². The number of carboxylic acid groups (broad SMARTS) is 1. The van der Waals surface area contributed by atoms with Gasteiger partial charge < -0.3 is 15.2 Å². The molecule has 1 aliphatic rings. The van der Waals surface area contributed by atoms with Gasteiger partial charge in [-0.1, -0.05) is 28.1 Å². The minimum atomic E-state index is -1.01. The fourth-order valence-electron chi connectivity index (χ4n) is 2.18. The molecule has 0 radical (unpaired) electrons. The van der Waals surface area contributed by atoms with Crippen molar-refractivity contribution in [1.82, 2.24) is 5.32 Å². The van der Waals surface area contributed by atoms with Gasteiger partial charge in [0.15, 0.2) is 6.10 Å². The normalized spacial score (nSPS) is 23.3. The maximum Gasteiger partial charge on any atom is 0.332 e. The van der Waals surface area contributed by atoms with E-state index in [9.17, 15) is 9.59 Å². The highest BCUT2D eigenvalue weighted by Crippen LogP contribution is 2.22. The number of carboxylic acids is 1. The van der Waals surface area contributed by atoms with E-state index in [2.05, 4.69) is 21.2 Å². The molecule has 1 heterocycles. The number of carbonyl (C=O) groups excluding carboxylic acids is 1. The highest BCUT2D eigenvalue weighted by atomic mass is 79.9. The lowest BCUT2D eigenvalue weighted by Crippen LogP contribution is -2.37. The lowest BCUT2D eigenvalue weighted by Gasteiger charge is -2.17. The van der Waals surface area contributed by atoms with Crippen LogP contribution in [0.15, 0.2) is 28.7 Å². The molecule has 1 amide bonds. The molecule has 2 N–H and O–H groups in total. The molecular formula is C14H16BrNO4. The Balaban J connectivity index is 1.93. The van der Waals surface area contributed by atoms with Gasteiger partial charge in [-0.25, -0.2) is 4.79 Å². The number of halogens is 1. The smallest absolute Gasteiger partial charge is 0.332 e. The first-order chi connectivity index (χ1) is 9.47. The van der Waals surface area contributed by atoms with Gasteiger partial charge in [0, 0.05) is 4.47 Å². The van der Waals surface area contributed by atoms with Gasteiger partial charge in [-0.3, -0.25) is 4.79 Å². The molecular weight excluding hydrogens is 326 g/mol. The molecule has 0 aromatic heterocycles. The third-order valence-corrected chi connectivity index (χ3v) is 3.79. The number of rotatable bonds is 4. The van der Waals surface area contributed by atoms with Crippen LogP contribution in [0.2, 0.25) is 0 Å². The van der Waals surface area contributed by atoms with E-state index in [1.807, 2.05) is 31.2 Å². The third kappa shape index (κ3) is 3.58. The van der Waals surface area contributed by atoms with Crippen LogP contribution in [0.25, 0.3) is 0 Å². The topological polar surface area (TPSA) is 75.6 Å². The monoisotopic (exact) mass is 341 g/mol. The Kier molecular flexibility index (Phi) is 4.77. The number of nitrogens with one attached hydrogen (secondary N) is 1. The van der Waals surface area contributed by atoms with Crippen LogP contribution < -0.4 is 5.32 Å². The Hall–Kier alpha value is -1.40. The molecule has 1 aromatic rings. The summed E-state index contributed by atoms with van der Waals surface area (Å²) in [6, 6.07) is 7.50.